The van der Waals surface area contributed by atoms with Crippen LogP contribution in [0.1, 0.15) is 22.3 Å². The van der Waals surface area contributed by atoms with Crippen molar-refractivity contribution in [3.05, 3.63) is 150 Å². The average Bonchev–Trinajstić information content (AvgIpc) is 3.48. The number of para-hydroxylation sites is 2. The van der Waals surface area contributed by atoms with Crippen LogP contribution < -0.4 is 4.90 Å². The Bertz CT molecular complexity index is 1560. The Morgan fingerprint density at radius 3 is 2.22 bits per heavy atom. The minimum atomic E-state index is -1.10. The van der Waals surface area contributed by atoms with E-state index in [1.54, 1.807) is 6.08 Å². The Morgan fingerprint density at radius 2 is 1.46 bits per heavy atom. The Kier molecular flexibility index (Phi) is 5.95. The molecule has 0 bridgehead atoms. The molecule has 0 fully saturated rings. The lowest BCUT2D eigenvalue weighted by Crippen LogP contribution is -2.49. The number of H-pyrrole nitrogens is 1. The largest absolute Gasteiger partial charge is 0.368 e. The molecule has 1 aliphatic heterocycles. The maximum atomic E-state index is 14.8. The number of nitrogens with one attached hydrogen (secondary N) is 1. The zero-order valence-electron chi connectivity index (χ0n) is 20.5. The first kappa shape index (κ1) is 23.0. The van der Waals surface area contributed by atoms with E-state index in [0.29, 0.717) is 13.2 Å². The fraction of sp³-hybridized carbons (Fsp3) is 0.121. The van der Waals surface area contributed by atoms with Gasteiger partial charge in [0.2, 0.25) is 5.91 Å². The van der Waals surface area contributed by atoms with E-state index in [2.05, 4.69) is 35.8 Å². The minimum Gasteiger partial charge on any atom is -0.368 e. The van der Waals surface area contributed by atoms with Gasteiger partial charge in [-0.2, -0.15) is 0 Å². The number of fused-ring (bicyclic) bond motifs is 2. The third-order valence-electron chi connectivity index (χ3n) is 7.31. The number of ether oxygens (including phenoxy) is 1. The smallest absolute Gasteiger partial charge is 0.245 e. The van der Waals surface area contributed by atoms with Crippen molar-refractivity contribution in [2.75, 3.05) is 4.90 Å². The quantitative estimate of drug-likeness (QED) is 0.247. The molecule has 4 nitrogen and oxygen atoms in total. The van der Waals surface area contributed by atoms with Gasteiger partial charge in [-0.1, -0.05) is 103 Å². The van der Waals surface area contributed by atoms with E-state index in [1.807, 2.05) is 96.0 Å². The molecule has 0 radical (unpaired) electrons. The summed E-state index contributed by atoms with van der Waals surface area (Å²) in [5.41, 5.74) is 4.73. The predicted molar refractivity (Wildman–Crippen MR) is 148 cm³/mol. The van der Waals surface area contributed by atoms with E-state index in [0.717, 1.165) is 38.8 Å². The van der Waals surface area contributed by atoms with Gasteiger partial charge < -0.3 is 14.6 Å². The molecule has 37 heavy (non-hydrogen) atoms. The van der Waals surface area contributed by atoms with E-state index in [9.17, 15) is 4.79 Å². The van der Waals surface area contributed by atoms with Gasteiger partial charge in [-0.25, -0.2) is 0 Å². The zero-order valence-corrected chi connectivity index (χ0v) is 20.5. The number of amides is 1. The number of carbonyl (C=O) groups excluding carboxylic acids is 1. The van der Waals surface area contributed by atoms with Crippen molar-refractivity contribution in [2.24, 2.45) is 0 Å². The molecule has 2 heterocycles. The fourth-order valence-corrected chi connectivity index (χ4v) is 5.62. The Labute approximate surface area is 216 Å². The highest BCUT2D eigenvalue weighted by molar-refractivity contribution is 6.13. The molecule has 1 aromatic heterocycles. The van der Waals surface area contributed by atoms with Gasteiger partial charge in [0.25, 0.3) is 0 Å². The molecule has 1 amide bonds. The molecule has 1 N–H and O–H groups in total. The molecule has 0 aliphatic carbocycles. The summed E-state index contributed by atoms with van der Waals surface area (Å²) in [4.78, 5) is 20.1. The zero-order chi connectivity index (χ0) is 25.2. The molecule has 0 spiro atoms. The van der Waals surface area contributed by atoms with Crippen LogP contribution in [0.15, 0.2) is 128 Å². The highest BCUT2D eigenvalue weighted by Gasteiger charge is 2.57. The summed E-state index contributed by atoms with van der Waals surface area (Å²) in [5.74, 6) is -0.0136. The second kappa shape index (κ2) is 9.57. The first-order valence-corrected chi connectivity index (χ1v) is 12.5. The van der Waals surface area contributed by atoms with E-state index in [4.69, 9.17) is 4.74 Å². The molecular formula is C33H28N2O2. The fourth-order valence-electron chi connectivity index (χ4n) is 5.62. The normalized spacial score (nSPS) is 17.6. The van der Waals surface area contributed by atoms with Gasteiger partial charge in [0.15, 0.2) is 0 Å². The molecule has 5 aromatic rings. The van der Waals surface area contributed by atoms with E-state index >= 15 is 0 Å². The number of aromatic nitrogens is 1. The lowest BCUT2D eigenvalue weighted by molar-refractivity contribution is -0.126. The summed E-state index contributed by atoms with van der Waals surface area (Å²) in [6, 6.07) is 36.3. The number of hydrogen-bond donors (Lipinski definition) is 1. The third-order valence-corrected chi connectivity index (χ3v) is 7.31. The summed E-state index contributed by atoms with van der Waals surface area (Å²) < 4.78 is 6.58. The van der Waals surface area contributed by atoms with Crippen LogP contribution in [0, 0.1) is 0 Å². The second-order valence-corrected chi connectivity index (χ2v) is 9.40. The Hall–Kier alpha value is -4.41. The Morgan fingerprint density at radius 1 is 0.811 bits per heavy atom. The van der Waals surface area contributed by atoms with Gasteiger partial charge >= 0.3 is 0 Å². The molecule has 0 saturated heterocycles. The lowest BCUT2D eigenvalue weighted by atomic mass is 9.70. The van der Waals surface area contributed by atoms with Crippen LogP contribution in [0.5, 0.6) is 0 Å². The molecular weight excluding hydrogens is 456 g/mol. The summed E-state index contributed by atoms with van der Waals surface area (Å²) in [6.45, 7) is 5.01. The van der Waals surface area contributed by atoms with Crippen LogP contribution in [-0.4, -0.2) is 17.0 Å². The molecule has 0 saturated carbocycles. The molecule has 1 aliphatic rings. The lowest BCUT2D eigenvalue weighted by Gasteiger charge is -2.35. The second-order valence-electron chi connectivity index (χ2n) is 9.40. The van der Waals surface area contributed by atoms with Crippen molar-refractivity contribution in [3.63, 3.8) is 0 Å². The topological polar surface area (TPSA) is 45.3 Å². The van der Waals surface area contributed by atoms with Gasteiger partial charge in [-0.15, -0.1) is 6.58 Å². The van der Waals surface area contributed by atoms with Crippen LogP contribution in [0.25, 0.3) is 10.9 Å². The van der Waals surface area contributed by atoms with Crippen LogP contribution in [0.2, 0.25) is 0 Å². The van der Waals surface area contributed by atoms with E-state index in [-0.39, 0.29) is 5.91 Å². The van der Waals surface area contributed by atoms with Gasteiger partial charge in [0, 0.05) is 28.4 Å². The van der Waals surface area contributed by atoms with E-state index in [1.165, 1.54) is 0 Å². The molecule has 2 atom stereocenters. The van der Waals surface area contributed by atoms with Gasteiger partial charge in [-0.05, 0) is 28.8 Å². The summed E-state index contributed by atoms with van der Waals surface area (Å²) in [5, 5.41) is 1.00. The monoisotopic (exact) mass is 484 g/mol. The predicted octanol–water partition coefficient (Wildman–Crippen LogP) is 6.77. The average molecular weight is 485 g/mol. The van der Waals surface area contributed by atoms with Crippen molar-refractivity contribution in [3.8, 4) is 0 Å². The van der Waals surface area contributed by atoms with Crippen molar-refractivity contribution in [1.29, 1.82) is 0 Å². The number of aromatic amines is 1. The minimum absolute atomic E-state index is 0.0136. The third kappa shape index (κ3) is 3.78. The van der Waals surface area contributed by atoms with Gasteiger partial charge in [0.1, 0.15) is 5.41 Å². The highest BCUT2D eigenvalue weighted by Crippen LogP contribution is 2.51. The van der Waals surface area contributed by atoms with Gasteiger partial charge in [0.05, 0.1) is 19.3 Å². The maximum Gasteiger partial charge on any atom is 0.245 e. The highest BCUT2D eigenvalue weighted by atomic mass is 16.5. The van der Waals surface area contributed by atoms with Gasteiger partial charge in [-0.3, -0.25) is 4.79 Å². The number of carbonyl (C=O) groups is 1. The number of nitrogens with zero attached hydrogens (tertiary/aromatic N) is 1. The van der Waals surface area contributed by atoms with Crippen molar-refractivity contribution < 1.29 is 9.53 Å². The number of hydrogen-bond acceptors (Lipinski definition) is 2. The SMILES string of the molecule is C=C[C@@H](OCc1ccccc1)[C@]1(c2c[nH]c3ccccc23)C(=O)N(Cc2ccccc2)c2ccccc21. The van der Waals surface area contributed by atoms with Crippen molar-refractivity contribution >= 4 is 22.5 Å². The summed E-state index contributed by atoms with van der Waals surface area (Å²) >= 11 is 0. The van der Waals surface area contributed by atoms with Crippen LogP contribution in [-0.2, 0) is 28.1 Å². The van der Waals surface area contributed by atoms with Crippen LogP contribution in [0.3, 0.4) is 0 Å². The standard InChI is InChI=1S/C33H28N2O2/c1-2-31(37-23-25-15-7-4-8-16-25)33(28-21-34-29-19-11-9-17-26(28)29)27-18-10-12-20-30(27)35(32(33)36)22-24-13-5-3-6-14-24/h2-21,31,34H,1,22-23H2/t31-,33+/m1/s1. The number of rotatable bonds is 8. The first-order valence-electron chi connectivity index (χ1n) is 12.5. The van der Waals surface area contributed by atoms with Crippen LogP contribution in [0.4, 0.5) is 5.69 Å². The molecule has 6 rings (SSSR count). The van der Waals surface area contributed by atoms with Crippen molar-refractivity contribution in [1.82, 2.24) is 4.98 Å². The number of benzene rings is 4. The molecule has 182 valence electrons. The molecule has 4 heteroatoms. The van der Waals surface area contributed by atoms with Crippen LogP contribution >= 0.6 is 0 Å². The number of anilines is 1. The molecule has 0 unspecified atom stereocenters. The van der Waals surface area contributed by atoms with Crippen molar-refractivity contribution in [2.45, 2.75) is 24.7 Å². The maximum absolute atomic E-state index is 14.8. The first-order chi connectivity index (χ1) is 18.2. The molecule has 4 aromatic carbocycles. The Balaban J connectivity index is 1.54. The summed E-state index contributed by atoms with van der Waals surface area (Å²) in [7, 11) is 0. The van der Waals surface area contributed by atoms with E-state index < -0.39 is 11.5 Å². The summed E-state index contributed by atoms with van der Waals surface area (Å²) in [6.07, 6.45) is 3.15.